The molecule has 0 radical (unpaired) electrons. The zero-order chi connectivity index (χ0) is 11.6. The van der Waals surface area contributed by atoms with E-state index in [1.807, 2.05) is 0 Å². The lowest BCUT2D eigenvalue weighted by atomic mass is 10.2. The van der Waals surface area contributed by atoms with Crippen molar-refractivity contribution in [3.63, 3.8) is 0 Å². The molecule has 0 aliphatic rings. The third-order valence-electron chi connectivity index (χ3n) is 1.61. The zero-order valence-electron chi connectivity index (χ0n) is 7.58. The van der Waals surface area contributed by atoms with Gasteiger partial charge in [-0.1, -0.05) is 0 Å². The number of rotatable bonds is 3. The molecule has 6 nitrogen and oxygen atoms in total. The van der Waals surface area contributed by atoms with E-state index in [0.29, 0.717) is 5.56 Å². The molecule has 0 amide bonds. The smallest absolute Gasteiger partial charge is 0.357 e. The summed E-state index contributed by atoms with van der Waals surface area (Å²) in [6, 6.07) is 3.40. The van der Waals surface area contributed by atoms with Crippen LogP contribution in [0.1, 0.15) is 5.56 Å². The van der Waals surface area contributed by atoms with Gasteiger partial charge in [0.1, 0.15) is 5.75 Å². The van der Waals surface area contributed by atoms with E-state index < -0.39 is 21.5 Å². The maximum absolute atomic E-state index is 10.7. The molecule has 1 atom stereocenters. The van der Waals surface area contributed by atoms with Gasteiger partial charge in [0.25, 0.3) is 10.1 Å². The van der Waals surface area contributed by atoms with Crippen LogP contribution in [0.15, 0.2) is 23.1 Å². The normalized spacial score (nSPS) is 13.5. The van der Waals surface area contributed by atoms with Gasteiger partial charge in [0, 0.05) is 0 Å². The van der Waals surface area contributed by atoms with Crippen molar-refractivity contribution >= 4 is 21.5 Å². The molecule has 84 valence electrons. The Kier molecular flexibility index (Phi) is 3.45. The summed E-state index contributed by atoms with van der Waals surface area (Å²) >= 11 is -2.47. The molecule has 0 spiro atoms. The average molecular weight is 252 g/mol. The predicted octanol–water partition coefficient (Wildman–Crippen LogP) is 0.757. The molecule has 1 rings (SSSR count). The molecule has 0 heterocycles. The molecule has 0 aliphatic carbocycles. The van der Waals surface area contributed by atoms with Crippen LogP contribution in [0.2, 0.25) is 0 Å². The first kappa shape index (κ1) is 12.1. The van der Waals surface area contributed by atoms with E-state index in [9.17, 15) is 12.6 Å². The SMILES string of the molecule is Cc1cc(S(=O)(=O)O)ccc1OS(=O)O. The highest BCUT2D eigenvalue weighted by atomic mass is 32.2. The fourth-order valence-electron chi connectivity index (χ4n) is 0.953. The summed E-state index contributed by atoms with van der Waals surface area (Å²) in [4.78, 5) is -0.295. The molecule has 0 aliphatic heterocycles. The van der Waals surface area contributed by atoms with Crippen molar-refractivity contribution in [2.75, 3.05) is 0 Å². The second-order valence-corrected chi connectivity index (χ2v) is 4.73. The molecule has 0 bridgehead atoms. The summed E-state index contributed by atoms with van der Waals surface area (Å²) in [6.07, 6.45) is 0. The third-order valence-corrected chi connectivity index (χ3v) is 2.78. The highest BCUT2D eigenvalue weighted by Gasteiger charge is 2.12. The van der Waals surface area contributed by atoms with E-state index in [1.54, 1.807) is 0 Å². The van der Waals surface area contributed by atoms with E-state index in [-0.39, 0.29) is 10.6 Å². The Balaban J connectivity index is 3.15. The summed E-state index contributed by atoms with van der Waals surface area (Å²) in [6.45, 7) is 1.48. The van der Waals surface area contributed by atoms with Gasteiger partial charge in [0.05, 0.1) is 4.90 Å². The van der Waals surface area contributed by atoms with E-state index in [2.05, 4.69) is 4.18 Å². The summed E-state index contributed by atoms with van der Waals surface area (Å²) in [7, 11) is -4.26. The number of hydrogen-bond acceptors (Lipinski definition) is 4. The van der Waals surface area contributed by atoms with Crippen LogP contribution in [-0.2, 0) is 21.5 Å². The summed E-state index contributed by atoms with van der Waals surface area (Å²) in [5.41, 5.74) is 0.326. The Labute approximate surface area is 89.1 Å². The minimum absolute atomic E-state index is 0.0724. The van der Waals surface area contributed by atoms with Crippen molar-refractivity contribution in [1.82, 2.24) is 0 Å². The molecule has 8 heteroatoms. The largest absolute Gasteiger partial charge is 0.380 e. The van der Waals surface area contributed by atoms with Crippen molar-refractivity contribution in [3.8, 4) is 5.75 Å². The number of aryl methyl sites for hydroxylation is 1. The molecule has 0 fully saturated rings. The topological polar surface area (TPSA) is 101 Å². The second-order valence-electron chi connectivity index (χ2n) is 2.70. The van der Waals surface area contributed by atoms with Crippen LogP contribution in [0.4, 0.5) is 0 Å². The highest BCUT2D eigenvalue weighted by Crippen LogP contribution is 2.21. The van der Waals surface area contributed by atoms with Gasteiger partial charge in [-0.05, 0) is 30.7 Å². The Bertz CT molecular complexity index is 492. The number of benzene rings is 1. The number of hydrogen-bond donors (Lipinski definition) is 2. The second kappa shape index (κ2) is 4.27. The molecule has 2 N–H and O–H groups in total. The van der Waals surface area contributed by atoms with Gasteiger partial charge in [-0.2, -0.15) is 12.6 Å². The molecule has 15 heavy (non-hydrogen) atoms. The first-order chi connectivity index (χ1) is 6.80. The van der Waals surface area contributed by atoms with Gasteiger partial charge >= 0.3 is 11.4 Å². The lowest BCUT2D eigenvalue weighted by Gasteiger charge is -2.05. The summed E-state index contributed by atoms with van der Waals surface area (Å²) < 4.78 is 53.4. The molecule has 0 aromatic heterocycles. The zero-order valence-corrected chi connectivity index (χ0v) is 9.21. The summed E-state index contributed by atoms with van der Waals surface area (Å²) in [5, 5.41) is 0. The first-order valence-electron chi connectivity index (χ1n) is 3.68. The van der Waals surface area contributed by atoms with Crippen molar-refractivity contribution < 1.29 is 25.9 Å². The van der Waals surface area contributed by atoms with Crippen LogP contribution in [0.5, 0.6) is 5.75 Å². The lowest BCUT2D eigenvalue weighted by Crippen LogP contribution is -2.02. The molecule has 1 unspecified atom stereocenters. The van der Waals surface area contributed by atoms with Crippen LogP contribution in [0.3, 0.4) is 0 Å². The quantitative estimate of drug-likeness (QED) is 0.608. The van der Waals surface area contributed by atoms with Gasteiger partial charge in [-0.15, -0.1) is 0 Å². The molecular formula is C7H8O6S2. The van der Waals surface area contributed by atoms with Crippen molar-refractivity contribution in [2.24, 2.45) is 0 Å². The minimum atomic E-state index is -4.26. The molecule has 0 saturated heterocycles. The predicted molar refractivity (Wildman–Crippen MR) is 52.4 cm³/mol. The fraction of sp³-hybridized carbons (Fsp3) is 0.143. The molecule has 1 aromatic rings. The van der Waals surface area contributed by atoms with E-state index in [4.69, 9.17) is 9.11 Å². The third kappa shape index (κ3) is 3.27. The van der Waals surface area contributed by atoms with Crippen LogP contribution >= 0.6 is 0 Å². The monoisotopic (exact) mass is 252 g/mol. The Morgan fingerprint density at radius 3 is 2.40 bits per heavy atom. The van der Waals surface area contributed by atoms with E-state index in [1.165, 1.54) is 13.0 Å². The maximum atomic E-state index is 10.7. The van der Waals surface area contributed by atoms with Crippen molar-refractivity contribution in [2.45, 2.75) is 11.8 Å². The van der Waals surface area contributed by atoms with Crippen LogP contribution in [0.25, 0.3) is 0 Å². The van der Waals surface area contributed by atoms with Crippen LogP contribution in [0, 0.1) is 6.92 Å². The Morgan fingerprint density at radius 2 is 2.00 bits per heavy atom. The molecule has 1 aromatic carbocycles. The van der Waals surface area contributed by atoms with Gasteiger partial charge in [-0.25, -0.2) is 0 Å². The first-order valence-corrected chi connectivity index (χ1v) is 6.15. The van der Waals surface area contributed by atoms with Gasteiger partial charge < -0.3 is 4.18 Å². The van der Waals surface area contributed by atoms with Crippen molar-refractivity contribution in [3.05, 3.63) is 23.8 Å². The van der Waals surface area contributed by atoms with E-state index in [0.717, 1.165) is 12.1 Å². The average Bonchev–Trinajstić information content (AvgIpc) is 2.05. The highest BCUT2D eigenvalue weighted by molar-refractivity contribution is 7.85. The van der Waals surface area contributed by atoms with Gasteiger partial charge in [-0.3, -0.25) is 9.11 Å². The Morgan fingerprint density at radius 1 is 1.40 bits per heavy atom. The van der Waals surface area contributed by atoms with Gasteiger partial charge in [0.15, 0.2) is 0 Å². The van der Waals surface area contributed by atoms with Crippen LogP contribution < -0.4 is 4.18 Å². The summed E-state index contributed by atoms with van der Waals surface area (Å²) in [5.74, 6) is 0.0724. The van der Waals surface area contributed by atoms with Crippen molar-refractivity contribution in [1.29, 1.82) is 0 Å². The Hall–Kier alpha value is -0.960. The van der Waals surface area contributed by atoms with Crippen LogP contribution in [-0.4, -0.2) is 21.7 Å². The molecular weight excluding hydrogens is 244 g/mol. The minimum Gasteiger partial charge on any atom is -0.380 e. The maximum Gasteiger partial charge on any atom is 0.357 e. The fourth-order valence-corrected chi connectivity index (χ4v) is 1.86. The molecule has 0 saturated carbocycles. The van der Waals surface area contributed by atoms with E-state index >= 15 is 0 Å². The van der Waals surface area contributed by atoms with Gasteiger partial charge in [0.2, 0.25) is 0 Å². The lowest BCUT2D eigenvalue weighted by molar-refractivity contribution is 0.456. The standard InChI is InChI=1S/C7H8O6S2/c1-5-4-6(15(10,11)12)2-3-7(5)13-14(8)9/h2-4H,1H3,(H,8,9)(H,10,11,12).